The molecule has 0 spiro atoms. The molecular formula is C34H56N2O12. The summed E-state index contributed by atoms with van der Waals surface area (Å²) in [6.45, 7) is 10.9. The minimum absolute atomic E-state index is 0.436. The van der Waals surface area contributed by atoms with E-state index in [1.165, 1.54) is 0 Å². The first-order valence-corrected chi connectivity index (χ1v) is 16.5. The smallest absolute Gasteiger partial charge is 0.142 e. The molecule has 4 N–H and O–H groups in total. The summed E-state index contributed by atoms with van der Waals surface area (Å²) < 4.78 is 65.9. The summed E-state index contributed by atoms with van der Waals surface area (Å²) in [5, 5.41) is 0. The Labute approximate surface area is 285 Å². The summed E-state index contributed by atoms with van der Waals surface area (Å²) in [4.78, 5) is 0. The Hall–Kier alpha value is -2.76. The van der Waals surface area contributed by atoms with E-state index in [0.717, 1.165) is 5.75 Å². The first kappa shape index (κ1) is 41.4. The molecule has 274 valence electrons. The second kappa shape index (κ2) is 31.5. The molecule has 0 fully saturated rings. The Morgan fingerprint density at radius 2 is 0.604 bits per heavy atom. The van der Waals surface area contributed by atoms with Crippen LogP contribution in [0, 0.1) is 0 Å². The van der Waals surface area contributed by atoms with E-state index in [2.05, 4.69) is 0 Å². The van der Waals surface area contributed by atoms with Crippen molar-refractivity contribution in [1.82, 2.24) is 0 Å². The van der Waals surface area contributed by atoms with Crippen LogP contribution in [0.25, 0.3) is 0 Å². The molecule has 0 saturated carbocycles. The Morgan fingerprint density at radius 3 is 0.938 bits per heavy atom. The van der Waals surface area contributed by atoms with E-state index in [-0.39, 0.29) is 0 Å². The minimum Gasteiger partial charge on any atom is -0.491 e. The third-order valence-electron chi connectivity index (χ3n) is 6.13. The summed E-state index contributed by atoms with van der Waals surface area (Å²) in [5.41, 5.74) is 12.8. The monoisotopic (exact) mass is 684 g/mol. The Morgan fingerprint density at radius 1 is 0.312 bits per heavy atom. The molecule has 0 aliphatic carbocycles. The first-order valence-electron chi connectivity index (χ1n) is 16.5. The van der Waals surface area contributed by atoms with Gasteiger partial charge in [0.2, 0.25) is 0 Å². The second-order valence-corrected chi connectivity index (χ2v) is 9.93. The number of para-hydroxylation sites is 2. The fourth-order valence-corrected chi connectivity index (χ4v) is 3.69. The summed E-state index contributed by atoms with van der Waals surface area (Å²) in [7, 11) is 0. The van der Waals surface area contributed by atoms with Crippen LogP contribution in [0.1, 0.15) is 0 Å². The molecule has 0 unspecified atom stereocenters. The van der Waals surface area contributed by atoms with Crippen molar-refractivity contribution in [3.05, 3.63) is 48.5 Å². The summed E-state index contributed by atoms with van der Waals surface area (Å²) in [5.74, 6) is 1.44. The highest BCUT2D eigenvalue weighted by atomic mass is 16.6. The van der Waals surface area contributed by atoms with Crippen LogP contribution >= 0.6 is 0 Å². The van der Waals surface area contributed by atoms with Crippen LogP contribution < -0.4 is 20.9 Å². The second-order valence-electron chi connectivity index (χ2n) is 9.93. The number of benzene rings is 2. The standard InChI is InChI=1S/C34H56N2O12/c35-31-5-7-32(8-6-31)47-29-27-45-25-23-43-21-19-41-17-15-39-13-11-37-9-10-38-12-14-40-16-18-42-20-22-44-24-26-46-28-30-48-34-4-2-1-3-33(34)36/h1-8H,9-30,35-36H2. The minimum atomic E-state index is 0.436. The van der Waals surface area contributed by atoms with E-state index in [9.17, 15) is 0 Å². The number of hydrogen-bond acceptors (Lipinski definition) is 14. The van der Waals surface area contributed by atoms with Crippen molar-refractivity contribution in [2.24, 2.45) is 0 Å². The highest BCUT2D eigenvalue weighted by Gasteiger charge is 1.99. The van der Waals surface area contributed by atoms with Gasteiger partial charge in [0, 0.05) is 5.69 Å². The van der Waals surface area contributed by atoms with Crippen LogP contribution in [0.3, 0.4) is 0 Å². The SMILES string of the molecule is Nc1ccc(OCCOCCOCCOCCOCCOCCOCCOCCOCCOCCOCCOc2ccccc2N)cc1. The fraction of sp³-hybridized carbons (Fsp3) is 0.647. The Bertz CT molecular complexity index is 973. The van der Waals surface area contributed by atoms with Gasteiger partial charge in [0.15, 0.2) is 0 Å². The van der Waals surface area contributed by atoms with Gasteiger partial charge in [0.05, 0.1) is 138 Å². The number of rotatable bonds is 35. The molecule has 14 heteroatoms. The third-order valence-corrected chi connectivity index (χ3v) is 6.13. The van der Waals surface area contributed by atoms with Crippen LogP contribution in [0.5, 0.6) is 11.5 Å². The van der Waals surface area contributed by atoms with Gasteiger partial charge < -0.3 is 68.3 Å². The normalized spacial score (nSPS) is 11.2. The summed E-state index contributed by atoms with van der Waals surface area (Å²) >= 11 is 0. The van der Waals surface area contributed by atoms with E-state index >= 15 is 0 Å². The molecule has 0 atom stereocenters. The average Bonchev–Trinajstić information content (AvgIpc) is 3.10. The van der Waals surface area contributed by atoms with Crippen LogP contribution in [0.15, 0.2) is 48.5 Å². The number of anilines is 2. The van der Waals surface area contributed by atoms with Gasteiger partial charge in [-0.05, 0) is 36.4 Å². The Kier molecular flexibility index (Phi) is 27.2. The molecule has 0 aliphatic heterocycles. The van der Waals surface area contributed by atoms with E-state index in [4.69, 9.17) is 68.3 Å². The van der Waals surface area contributed by atoms with E-state index in [1.54, 1.807) is 18.2 Å². The van der Waals surface area contributed by atoms with Crippen LogP contribution in [-0.4, -0.2) is 145 Å². The zero-order valence-electron chi connectivity index (χ0n) is 28.2. The molecule has 0 amide bonds. The molecule has 2 rings (SSSR count). The van der Waals surface area contributed by atoms with Crippen molar-refractivity contribution >= 4 is 11.4 Å². The number of hydrogen-bond donors (Lipinski definition) is 2. The van der Waals surface area contributed by atoms with Crippen LogP contribution in [-0.2, 0) is 47.4 Å². The zero-order chi connectivity index (χ0) is 34.0. The predicted molar refractivity (Wildman–Crippen MR) is 181 cm³/mol. The number of nitrogens with two attached hydrogens (primary N) is 2. The molecule has 0 bridgehead atoms. The lowest BCUT2D eigenvalue weighted by molar-refractivity contribution is -0.0269. The quantitative estimate of drug-likeness (QED) is 0.0804. The topological polar surface area (TPSA) is 163 Å². The molecular weight excluding hydrogens is 628 g/mol. The fourth-order valence-electron chi connectivity index (χ4n) is 3.69. The van der Waals surface area contributed by atoms with Crippen molar-refractivity contribution in [2.75, 3.05) is 157 Å². The van der Waals surface area contributed by atoms with Gasteiger partial charge in [-0.3, -0.25) is 0 Å². The van der Waals surface area contributed by atoms with Gasteiger partial charge in [-0.2, -0.15) is 0 Å². The summed E-state index contributed by atoms with van der Waals surface area (Å²) in [6, 6.07) is 14.6. The highest BCUT2D eigenvalue weighted by molar-refractivity contribution is 5.51. The molecule has 2 aromatic carbocycles. The van der Waals surface area contributed by atoms with Crippen molar-refractivity contribution in [2.45, 2.75) is 0 Å². The predicted octanol–water partition coefficient (Wildman–Crippen LogP) is 2.47. The van der Waals surface area contributed by atoms with E-state index < -0.39 is 0 Å². The first-order chi connectivity index (χ1) is 23.8. The lowest BCUT2D eigenvalue weighted by Crippen LogP contribution is -2.15. The largest absolute Gasteiger partial charge is 0.491 e. The molecule has 0 aromatic heterocycles. The molecule has 2 aromatic rings. The average molecular weight is 685 g/mol. The van der Waals surface area contributed by atoms with Crippen molar-refractivity contribution in [3.8, 4) is 11.5 Å². The maximum absolute atomic E-state index is 5.82. The van der Waals surface area contributed by atoms with Gasteiger partial charge in [-0.15, -0.1) is 0 Å². The Balaban J connectivity index is 1.15. The maximum Gasteiger partial charge on any atom is 0.142 e. The highest BCUT2D eigenvalue weighted by Crippen LogP contribution is 2.19. The summed E-state index contributed by atoms with van der Waals surface area (Å²) in [6.07, 6.45) is 0. The molecule has 48 heavy (non-hydrogen) atoms. The van der Waals surface area contributed by atoms with Crippen LogP contribution in [0.4, 0.5) is 11.4 Å². The lowest BCUT2D eigenvalue weighted by atomic mass is 10.3. The van der Waals surface area contributed by atoms with Crippen molar-refractivity contribution in [3.63, 3.8) is 0 Å². The van der Waals surface area contributed by atoms with Crippen LogP contribution in [0.2, 0.25) is 0 Å². The molecule has 0 aliphatic rings. The van der Waals surface area contributed by atoms with Gasteiger partial charge in [0.1, 0.15) is 24.7 Å². The molecule has 0 radical (unpaired) electrons. The molecule has 0 saturated heterocycles. The van der Waals surface area contributed by atoms with Gasteiger partial charge in [-0.25, -0.2) is 0 Å². The van der Waals surface area contributed by atoms with E-state index in [0.29, 0.717) is 162 Å². The lowest BCUT2D eigenvalue weighted by Gasteiger charge is -2.10. The molecule has 0 heterocycles. The number of ether oxygens (including phenoxy) is 12. The third kappa shape index (κ3) is 25.3. The van der Waals surface area contributed by atoms with E-state index in [1.807, 2.05) is 30.3 Å². The maximum atomic E-state index is 5.82. The zero-order valence-corrected chi connectivity index (χ0v) is 28.2. The van der Waals surface area contributed by atoms with Gasteiger partial charge in [-0.1, -0.05) is 12.1 Å². The van der Waals surface area contributed by atoms with Gasteiger partial charge >= 0.3 is 0 Å². The molecule has 14 nitrogen and oxygen atoms in total. The van der Waals surface area contributed by atoms with Gasteiger partial charge in [0.25, 0.3) is 0 Å². The van der Waals surface area contributed by atoms with Crippen molar-refractivity contribution < 1.29 is 56.8 Å². The number of nitrogen functional groups attached to an aromatic ring is 2. The van der Waals surface area contributed by atoms with Crippen molar-refractivity contribution in [1.29, 1.82) is 0 Å².